The van der Waals surface area contributed by atoms with Crippen molar-refractivity contribution < 1.29 is 9.53 Å². The van der Waals surface area contributed by atoms with E-state index in [9.17, 15) is 4.79 Å². The van der Waals surface area contributed by atoms with Crippen LogP contribution in [-0.2, 0) is 4.74 Å². The Morgan fingerprint density at radius 1 is 1.25 bits per heavy atom. The van der Waals surface area contributed by atoms with Crippen LogP contribution in [0.5, 0.6) is 0 Å². The van der Waals surface area contributed by atoms with Gasteiger partial charge in [0.15, 0.2) is 0 Å². The van der Waals surface area contributed by atoms with E-state index in [1.54, 1.807) is 6.33 Å². The average molecular weight is 404 g/mol. The molecule has 0 N–H and O–H groups in total. The van der Waals surface area contributed by atoms with E-state index >= 15 is 0 Å². The number of hydrogen-bond acceptors (Lipinski definition) is 8. The molecule has 0 aliphatic carbocycles. The summed E-state index contributed by atoms with van der Waals surface area (Å²) in [6, 6.07) is 0.671. The third kappa shape index (κ3) is 3.73. The molecular formula is C20H29N5O2S. The standard InChI is InChI=1S/C20H29N5O2S/c1-4-27-20(26)17-14(2)16-18(21-13-22-19(16)28-17)25-10-8-24(9-11-25)15-6-5-7-23(3)12-15/h13,15H,4-12H2,1-3H3. The highest BCUT2D eigenvalue weighted by molar-refractivity contribution is 7.20. The summed E-state index contributed by atoms with van der Waals surface area (Å²) in [7, 11) is 2.22. The summed E-state index contributed by atoms with van der Waals surface area (Å²) in [6.45, 7) is 10.6. The first kappa shape index (κ1) is 19.5. The number of rotatable bonds is 4. The van der Waals surface area contributed by atoms with Crippen molar-refractivity contribution in [2.45, 2.75) is 32.7 Å². The molecule has 0 bridgehead atoms. The second kappa shape index (κ2) is 8.31. The molecule has 4 rings (SSSR count). The van der Waals surface area contributed by atoms with Gasteiger partial charge in [-0.3, -0.25) is 4.90 Å². The van der Waals surface area contributed by atoms with Gasteiger partial charge in [0.1, 0.15) is 21.9 Å². The van der Waals surface area contributed by atoms with Gasteiger partial charge in [0.05, 0.1) is 12.0 Å². The molecule has 0 amide bonds. The zero-order chi connectivity index (χ0) is 19.7. The highest BCUT2D eigenvalue weighted by atomic mass is 32.1. The number of piperidine rings is 1. The number of aromatic nitrogens is 2. The molecule has 0 saturated carbocycles. The summed E-state index contributed by atoms with van der Waals surface area (Å²) in [5, 5.41) is 1.00. The van der Waals surface area contributed by atoms with Crippen molar-refractivity contribution in [1.82, 2.24) is 19.8 Å². The average Bonchev–Trinajstić information content (AvgIpc) is 3.05. The molecule has 0 aromatic carbocycles. The van der Waals surface area contributed by atoms with Gasteiger partial charge in [-0.1, -0.05) is 0 Å². The lowest BCUT2D eigenvalue weighted by Crippen LogP contribution is -2.54. The summed E-state index contributed by atoms with van der Waals surface area (Å²) < 4.78 is 5.21. The molecule has 1 atom stereocenters. The number of esters is 1. The fourth-order valence-electron chi connectivity index (χ4n) is 4.42. The van der Waals surface area contributed by atoms with Gasteiger partial charge in [0.2, 0.25) is 0 Å². The Bertz CT molecular complexity index is 846. The van der Waals surface area contributed by atoms with Gasteiger partial charge in [0.25, 0.3) is 0 Å². The van der Waals surface area contributed by atoms with E-state index in [2.05, 4.69) is 31.7 Å². The number of ether oxygens (including phenoxy) is 1. The number of anilines is 1. The fourth-order valence-corrected chi connectivity index (χ4v) is 5.46. The van der Waals surface area contributed by atoms with Crippen molar-refractivity contribution in [3.8, 4) is 0 Å². The molecule has 0 spiro atoms. The normalized spacial score (nSPS) is 22.0. The lowest BCUT2D eigenvalue weighted by Gasteiger charge is -2.43. The molecule has 2 saturated heterocycles. The maximum absolute atomic E-state index is 12.3. The summed E-state index contributed by atoms with van der Waals surface area (Å²) in [5.41, 5.74) is 0.936. The summed E-state index contributed by atoms with van der Waals surface area (Å²) >= 11 is 1.41. The van der Waals surface area contributed by atoms with Crippen LogP contribution in [0.25, 0.3) is 10.2 Å². The highest BCUT2D eigenvalue weighted by Crippen LogP contribution is 2.35. The first-order valence-electron chi connectivity index (χ1n) is 10.2. The maximum Gasteiger partial charge on any atom is 0.348 e. The monoisotopic (exact) mass is 403 g/mol. The molecule has 0 radical (unpaired) electrons. The number of likely N-dealkylation sites (tertiary alicyclic amines) is 1. The second-order valence-corrected chi connectivity index (χ2v) is 8.73. The molecule has 7 nitrogen and oxygen atoms in total. The van der Waals surface area contributed by atoms with Crippen LogP contribution in [0.2, 0.25) is 0 Å². The van der Waals surface area contributed by atoms with Crippen LogP contribution in [0.4, 0.5) is 5.82 Å². The lowest BCUT2D eigenvalue weighted by molar-refractivity contribution is 0.0531. The van der Waals surface area contributed by atoms with Crippen LogP contribution in [0, 0.1) is 6.92 Å². The second-order valence-electron chi connectivity index (χ2n) is 7.74. The van der Waals surface area contributed by atoms with E-state index in [0.29, 0.717) is 17.5 Å². The Morgan fingerprint density at radius 2 is 2.04 bits per heavy atom. The Labute approximate surface area is 170 Å². The smallest absolute Gasteiger partial charge is 0.348 e. The minimum Gasteiger partial charge on any atom is -0.462 e. The van der Waals surface area contributed by atoms with Crippen LogP contribution in [-0.4, -0.2) is 84.7 Å². The molecule has 8 heteroatoms. The Hall–Kier alpha value is -1.77. The molecule has 152 valence electrons. The summed E-state index contributed by atoms with van der Waals surface area (Å²) in [6.07, 6.45) is 4.21. The first-order chi connectivity index (χ1) is 13.6. The number of hydrogen-bond donors (Lipinski definition) is 0. The van der Waals surface area contributed by atoms with Crippen molar-refractivity contribution in [3.05, 3.63) is 16.8 Å². The highest BCUT2D eigenvalue weighted by Gasteiger charge is 2.29. The number of carbonyl (C=O) groups is 1. The molecule has 2 aromatic rings. The number of likely N-dealkylation sites (N-methyl/N-ethyl adjacent to an activating group) is 1. The maximum atomic E-state index is 12.3. The zero-order valence-electron chi connectivity index (χ0n) is 17.0. The van der Waals surface area contributed by atoms with Crippen molar-refractivity contribution >= 4 is 33.3 Å². The van der Waals surface area contributed by atoms with E-state index in [0.717, 1.165) is 47.8 Å². The fraction of sp³-hybridized carbons (Fsp3) is 0.650. The third-order valence-corrected chi connectivity index (χ3v) is 7.08. The van der Waals surface area contributed by atoms with E-state index in [4.69, 9.17) is 4.74 Å². The lowest BCUT2D eigenvalue weighted by atomic mass is 10.0. The van der Waals surface area contributed by atoms with Crippen LogP contribution >= 0.6 is 11.3 Å². The SMILES string of the molecule is CCOC(=O)c1sc2ncnc(N3CCN(C4CCCN(C)C4)CC3)c2c1C. The van der Waals surface area contributed by atoms with Crippen LogP contribution in [0.3, 0.4) is 0 Å². The Balaban J connectivity index is 1.53. The molecule has 2 fully saturated rings. The van der Waals surface area contributed by atoms with E-state index < -0.39 is 0 Å². The Kier molecular flexibility index (Phi) is 5.80. The van der Waals surface area contributed by atoms with E-state index in [1.807, 2.05) is 13.8 Å². The Morgan fingerprint density at radius 3 is 2.75 bits per heavy atom. The van der Waals surface area contributed by atoms with Crippen LogP contribution < -0.4 is 4.90 Å². The minimum absolute atomic E-state index is 0.264. The van der Waals surface area contributed by atoms with Gasteiger partial charge in [-0.15, -0.1) is 11.3 Å². The summed E-state index contributed by atoms with van der Waals surface area (Å²) in [4.78, 5) is 30.2. The predicted molar refractivity (Wildman–Crippen MR) is 112 cm³/mol. The predicted octanol–water partition coefficient (Wildman–Crippen LogP) is 2.39. The topological polar surface area (TPSA) is 61.8 Å². The number of carbonyl (C=O) groups excluding carboxylic acids is 1. The van der Waals surface area contributed by atoms with Crippen LogP contribution in [0.1, 0.15) is 35.0 Å². The molecule has 2 aliphatic heterocycles. The number of thiophene rings is 1. The third-order valence-electron chi connectivity index (χ3n) is 5.90. The quantitative estimate of drug-likeness (QED) is 0.727. The molecule has 2 aliphatic rings. The number of fused-ring (bicyclic) bond motifs is 1. The molecule has 4 heterocycles. The van der Waals surface area contributed by atoms with Crippen molar-refractivity contribution in [3.63, 3.8) is 0 Å². The van der Waals surface area contributed by atoms with Gasteiger partial charge in [-0.25, -0.2) is 14.8 Å². The number of piperazine rings is 1. The number of nitrogens with zero attached hydrogens (tertiary/aromatic N) is 5. The zero-order valence-corrected chi connectivity index (χ0v) is 17.8. The van der Waals surface area contributed by atoms with Gasteiger partial charge < -0.3 is 14.5 Å². The van der Waals surface area contributed by atoms with Gasteiger partial charge in [0, 0.05) is 38.8 Å². The van der Waals surface area contributed by atoms with Crippen LogP contribution in [0.15, 0.2) is 6.33 Å². The summed E-state index contributed by atoms with van der Waals surface area (Å²) in [5.74, 6) is 0.690. The molecule has 1 unspecified atom stereocenters. The van der Waals surface area contributed by atoms with Gasteiger partial charge >= 0.3 is 5.97 Å². The van der Waals surface area contributed by atoms with E-state index in [1.165, 1.54) is 37.3 Å². The van der Waals surface area contributed by atoms with Crippen molar-refractivity contribution in [2.24, 2.45) is 0 Å². The number of aryl methyl sites for hydroxylation is 1. The molecular weight excluding hydrogens is 374 g/mol. The minimum atomic E-state index is -0.264. The van der Waals surface area contributed by atoms with Gasteiger partial charge in [-0.05, 0) is 45.8 Å². The molecule has 28 heavy (non-hydrogen) atoms. The van der Waals surface area contributed by atoms with E-state index in [-0.39, 0.29) is 5.97 Å². The largest absolute Gasteiger partial charge is 0.462 e. The molecule has 2 aromatic heterocycles. The van der Waals surface area contributed by atoms with Gasteiger partial charge in [-0.2, -0.15) is 0 Å². The first-order valence-corrected chi connectivity index (χ1v) is 11.0. The van der Waals surface area contributed by atoms with Crippen molar-refractivity contribution in [2.75, 3.05) is 57.8 Å². The van der Waals surface area contributed by atoms with Crippen molar-refractivity contribution in [1.29, 1.82) is 0 Å².